The first-order valence-electron chi connectivity index (χ1n) is 20.3. The van der Waals surface area contributed by atoms with Crippen LogP contribution >= 0.6 is 0 Å². The van der Waals surface area contributed by atoms with E-state index in [1.165, 1.54) is 32.8 Å². The molecule has 0 aliphatic rings. The highest BCUT2D eigenvalue weighted by Gasteiger charge is 2.16. The Morgan fingerprint density at radius 1 is 0.250 bits per heavy atom. The molecular weight excluding hydrogens is 727 g/mol. The van der Waals surface area contributed by atoms with Gasteiger partial charge in [0, 0.05) is 38.4 Å². The molecule has 2 aromatic heterocycles. The highest BCUT2D eigenvalue weighted by atomic mass is 14.9. The summed E-state index contributed by atoms with van der Waals surface area (Å²) in [6.07, 6.45) is 0. The molecule has 280 valence electrons. The van der Waals surface area contributed by atoms with E-state index >= 15 is 0 Å². The lowest BCUT2D eigenvalue weighted by atomic mass is 9.93. The maximum atomic E-state index is 5.37. The Labute approximate surface area is 349 Å². The molecule has 0 aliphatic carbocycles. The zero-order chi connectivity index (χ0) is 39.8. The topological polar surface area (TPSA) is 38.7 Å². The predicted molar refractivity (Wildman–Crippen MR) is 250 cm³/mol. The van der Waals surface area contributed by atoms with E-state index < -0.39 is 0 Å². The highest BCUT2D eigenvalue weighted by Crippen LogP contribution is 2.39. The van der Waals surface area contributed by atoms with Crippen molar-refractivity contribution in [3.8, 4) is 78.5 Å². The standard InChI is InChI=1S/C57H37N3/c1-4-14-38(15-5-1)44-21-12-23-47(34-44)54-37-53(59-57(60-54)48-24-13-22-45(35-48)39-16-6-2-7-17-39)42-26-28-43(29-27-42)56-50-32-30-41-20-10-11-25-49(41)55(50)51-36-46(31-33-52(51)58-56)40-18-8-3-9-19-40/h1-37H. The van der Waals surface area contributed by atoms with Crippen molar-refractivity contribution in [1.29, 1.82) is 0 Å². The largest absolute Gasteiger partial charge is 0.247 e. The molecule has 11 rings (SSSR count). The van der Waals surface area contributed by atoms with Crippen LogP contribution in [0.5, 0.6) is 0 Å². The summed E-state index contributed by atoms with van der Waals surface area (Å²) in [6.45, 7) is 0. The average molecular weight is 764 g/mol. The monoisotopic (exact) mass is 763 g/mol. The van der Waals surface area contributed by atoms with Crippen LogP contribution in [0.4, 0.5) is 0 Å². The van der Waals surface area contributed by atoms with Gasteiger partial charge in [-0.2, -0.15) is 0 Å². The van der Waals surface area contributed by atoms with Crippen LogP contribution in [0.2, 0.25) is 0 Å². The first kappa shape index (κ1) is 35.2. The number of pyridine rings is 1. The van der Waals surface area contributed by atoms with Gasteiger partial charge in [-0.05, 0) is 74.5 Å². The molecule has 0 unspecified atom stereocenters. The Bertz CT molecular complexity index is 3240. The molecular formula is C57H37N3. The number of aromatic nitrogens is 3. The average Bonchev–Trinajstić information content (AvgIpc) is 3.34. The third kappa shape index (κ3) is 6.58. The molecule has 0 spiro atoms. The maximum Gasteiger partial charge on any atom is 0.160 e. The number of hydrogen-bond donors (Lipinski definition) is 0. The number of hydrogen-bond acceptors (Lipinski definition) is 3. The fourth-order valence-electron chi connectivity index (χ4n) is 8.43. The van der Waals surface area contributed by atoms with E-state index in [1.807, 2.05) is 12.1 Å². The van der Waals surface area contributed by atoms with Gasteiger partial charge in [0.2, 0.25) is 0 Å². The van der Waals surface area contributed by atoms with Crippen molar-refractivity contribution in [1.82, 2.24) is 15.0 Å². The van der Waals surface area contributed by atoms with Gasteiger partial charge in [-0.25, -0.2) is 15.0 Å². The van der Waals surface area contributed by atoms with Crippen LogP contribution in [0.15, 0.2) is 224 Å². The van der Waals surface area contributed by atoms with Crippen LogP contribution in [0, 0.1) is 0 Å². The first-order chi connectivity index (χ1) is 29.7. The number of benzene rings is 9. The van der Waals surface area contributed by atoms with E-state index in [0.29, 0.717) is 5.82 Å². The fourth-order valence-corrected chi connectivity index (χ4v) is 8.43. The molecule has 9 aromatic carbocycles. The Hall–Kier alpha value is -8.01. The molecule has 0 amide bonds. The van der Waals surface area contributed by atoms with Gasteiger partial charge in [-0.15, -0.1) is 0 Å². The molecule has 0 N–H and O–H groups in total. The van der Waals surface area contributed by atoms with E-state index in [1.54, 1.807) is 0 Å². The molecule has 3 heteroatoms. The zero-order valence-corrected chi connectivity index (χ0v) is 32.7. The van der Waals surface area contributed by atoms with Gasteiger partial charge in [-0.1, -0.05) is 194 Å². The molecule has 0 bridgehead atoms. The van der Waals surface area contributed by atoms with Crippen LogP contribution < -0.4 is 0 Å². The Kier molecular flexibility index (Phi) is 8.83. The molecule has 0 radical (unpaired) electrons. The van der Waals surface area contributed by atoms with Crippen LogP contribution in [0.1, 0.15) is 0 Å². The van der Waals surface area contributed by atoms with Gasteiger partial charge in [-0.3, -0.25) is 0 Å². The van der Waals surface area contributed by atoms with Crippen molar-refractivity contribution in [3.63, 3.8) is 0 Å². The third-order valence-electron chi connectivity index (χ3n) is 11.5. The summed E-state index contributed by atoms with van der Waals surface area (Å²) in [4.78, 5) is 15.8. The highest BCUT2D eigenvalue weighted by molar-refractivity contribution is 6.22. The Morgan fingerprint density at radius 3 is 1.42 bits per heavy atom. The molecule has 0 fully saturated rings. The summed E-state index contributed by atoms with van der Waals surface area (Å²) >= 11 is 0. The van der Waals surface area contributed by atoms with Crippen molar-refractivity contribution in [2.75, 3.05) is 0 Å². The van der Waals surface area contributed by atoms with Gasteiger partial charge < -0.3 is 0 Å². The van der Waals surface area contributed by atoms with E-state index in [9.17, 15) is 0 Å². The summed E-state index contributed by atoms with van der Waals surface area (Å²) in [5, 5.41) is 5.93. The van der Waals surface area contributed by atoms with Crippen LogP contribution in [0.3, 0.4) is 0 Å². The molecule has 3 nitrogen and oxygen atoms in total. The van der Waals surface area contributed by atoms with E-state index in [0.717, 1.165) is 72.3 Å². The van der Waals surface area contributed by atoms with Gasteiger partial charge in [0.1, 0.15) is 0 Å². The summed E-state index contributed by atoms with van der Waals surface area (Å²) in [5.74, 6) is 0.679. The quantitative estimate of drug-likeness (QED) is 0.152. The minimum Gasteiger partial charge on any atom is -0.247 e. The van der Waals surface area contributed by atoms with E-state index in [2.05, 4.69) is 212 Å². The van der Waals surface area contributed by atoms with Crippen molar-refractivity contribution >= 4 is 32.4 Å². The Balaban J connectivity index is 1.05. The number of nitrogens with zero attached hydrogens (tertiary/aromatic N) is 3. The zero-order valence-electron chi connectivity index (χ0n) is 32.7. The minimum atomic E-state index is 0.679. The first-order valence-corrected chi connectivity index (χ1v) is 20.3. The summed E-state index contributed by atoms with van der Waals surface area (Å²) < 4.78 is 0. The van der Waals surface area contributed by atoms with E-state index in [-0.39, 0.29) is 0 Å². The molecule has 0 atom stereocenters. The van der Waals surface area contributed by atoms with Gasteiger partial charge in [0.15, 0.2) is 5.82 Å². The summed E-state index contributed by atoms with van der Waals surface area (Å²) in [5.41, 5.74) is 14.7. The molecule has 0 saturated carbocycles. The van der Waals surface area contributed by atoms with Crippen molar-refractivity contribution in [2.24, 2.45) is 0 Å². The molecule has 2 heterocycles. The van der Waals surface area contributed by atoms with Crippen LogP contribution in [-0.2, 0) is 0 Å². The lowest BCUT2D eigenvalue weighted by Gasteiger charge is -2.14. The molecule has 0 aliphatic heterocycles. The summed E-state index contributed by atoms with van der Waals surface area (Å²) in [7, 11) is 0. The predicted octanol–water partition coefficient (Wildman–Crippen LogP) is 15.0. The van der Waals surface area contributed by atoms with Crippen molar-refractivity contribution in [3.05, 3.63) is 224 Å². The number of fused-ring (bicyclic) bond motifs is 5. The third-order valence-corrected chi connectivity index (χ3v) is 11.5. The van der Waals surface area contributed by atoms with Crippen LogP contribution in [0.25, 0.3) is 111 Å². The van der Waals surface area contributed by atoms with Gasteiger partial charge >= 0.3 is 0 Å². The van der Waals surface area contributed by atoms with E-state index in [4.69, 9.17) is 15.0 Å². The normalized spacial score (nSPS) is 11.3. The van der Waals surface area contributed by atoms with Crippen molar-refractivity contribution < 1.29 is 0 Å². The second-order valence-electron chi connectivity index (χ2n) is 15.2. The summed E-state index contributed by atoms with van der Waals surface area (Å²) in [6, 6.07) is 79.2. The van der Waals surface area contributed by atoms with Gasteiger partial charge in [0.25, 0.3) is 0 Å². The molecule has 60 heavy (non-hydrogen) atoms. The van der Waals surface area contributed by atoms with Crippen molar-refractivity contribution in [2.45, 2.75) is 0 Å². The molecule has 0 saturated heterocycles. The lowest BCUT2D eigenvalue weighted by Crippen LogP contribution is -1.97. The molecule has 11 aromatic rings. The minimum absolute atomic E-state index is 0.679. The smallest absolute Gasteiger partial charge is 0.160 e. The maximum absolute atomic E-state index is 5.37. The second kappa shape index (κ2) is 15.1. The fraction of sp³-hybridized carbons (Fsp3) is 0. The lowest BCUT2D eigenvalue weighted by molar-refractivity contribution is 1.18. The second-order valence-corrected chi connectivity index (χ2v) is 15.2. The SMILES string of the molecule is c1ccc(-c2cccc(-c3cc(-c4ccc(-c5nc6ccc(-c7ccccc7)cc6c6c5ccc5ccccc56)cc4)nc(-c4cccc(-c5ccccc5)c4)n3)c2)cc1. The van der Waals surface area contributed by atoms with Crippen LogP contribution in [-0.4, -0.2) is 15.0 Å². The Morgan fingerprint density at radius 2 is 0.750 bits per heavy atom. The van der Waals surface area contributed by atoms with Gasteiger partial charge in [0.05, 0.1) is 22.6 Å². The number of rotatable bonds is 7.